The largest absolute Gasteiger partial charge is 0.493 e. The highest BCUT2D eigenvalue weighted by molar-refractivity contribution is 5.33. The van der Waals surface area contributed by atoms with Crippen LogP contribution in [-0.2, 0) is 6.54 Å². The van der Waals surface area contributed by atoms with Crippen molar-refractivity contribution >= 4 is 0 Å². The Balaban J connectivity index is 1.76. The Kier molecular flexibility index (Phi) is 9.14. The quantitative estimate of drug-likeness (QED) is 0.460. The summed E-state index contributed by atoms with van der Waals surface area (Å²) in [5.74, 6) is 1.02. The molecule has 25 heavy (non-hydrogen) atoms. The van der Waals surface area contributed by atoms with Gasteiger partial charge in [-0.15, -0.1) is 0 Å². The number of rotatable bonds is 12. The Morgan fingerprint density at radius 2 is 1.52 bits per heavy atom. The van der Waals surface area contributed by atoms with Gasteiger partial charge in [0.15, 0.2) is 0 Å². The molecule has 0 aromatic heterocycles. The molecule has 0 aliphatic carbocycles. The molecule has 2 rings (SSSR count). The molecule has 1 atom stereocenters. The molecule has 2 nitrogen and oxygen atoms in total. The summed E-state index contributed by atoms with van der Waals surface area (Å²) in [5, 5.41) is 3.60. The van der Waals surface area contributed by atoms with Crippen molar-refractivity contribution in [1.29, 1.82) is 0 Å². The Hall–Kier alpha value is -1.80. The Bertz CT molecular complexity index is 582. The molecule has 136 valence electrons. The summed E-state index contributed by atoms with van der Waals surface area (Å²) in [5.41, 5.74) is 2.55. The van der Waals surface area contributed by atoms with E-state index in [0.29, 0.717) is 6.04 Å². The van der Waals surface area contributed by atoms with E-state index in [1.54, 1.807) is 0 Å². The SMILES string of the molecule is CCCCCCCCOc1ccccc1CNC(C)c1ccccc1. The van der Waals surface area contributed by atoms with Crippen LogP contribution in [0.1, 0.15) is 69.5 Å². The molecule has 0 amide bonds. The number of benzene rings is 2. The summed E-state index contributed by atoms with van der Waals surface area (Å²) < 4.78 is 6.04. The molecule has 0 aliphatic rings. The third-order valence-corrected chi connectivity index (χ3v) is 4.63. The molecule has 0 heterocycles. The average Bonchev–Trinajstić information content (AvgIpc) is 2.67. The maximum Gasteiger partial charge on any atom is 0.123 e. The zero-order valence-electron chi connectivity index (χ0n) is 15.8. The van der Waals surface area contributed by atoms with E-state index in [-0.39, 0.29) is 0 Å². The molecule has 2 aromatic carbocycles. The van der Waals surface area contributed by atoms with Crippen molar-refractivity contribution in [1.82, 2.24) is 5.32 Å². The van der Waals surface area contributed by atoms with E-state index in [1.807, 2.05) is 0 Å². The highest BCUT2D eigenvalue weighted by Gasteiger charge is 2.07. The Morgan fingerprint density at radius 3 is 2.32 bits per heavy atom. The molecule has 0 bridgehead atoms. The predicted octanol–water partition coefficient (Wildman–Crippen LogP) is 6.28. The summed E-state index contributed by atoms with van der Waals surface area (Å²) in [7, 11) is 0. The number of hydrogen-bond acceptors (Lipinski definition) is 2. The second-order valence-corrected chi connectivity index (χ2v) is 6.74. The topological polar surface area (TPSA) is 21.3 Å². The molecular formula is C23H33NO. The molecule has 0 spiro atoms. The molecule has 0 saturated carbocycles. The number of unbranched alkanes of at least 4 members (excludes halogenated alkanes) is 5. The molecule has 0 radical (unpaired) electrons. The van der Waals surface area contributed by atoms with Crippen molar-refractivity contribution in [3.8, 4) is 5.75 Å². The van der Waals surface area contributed by atoms with E-state index in [2.05, 4.69) is 73.8 Å². The van der Waals surface area contributed by atoms with Gasteiger partial charge in [-0.1, -0.05) is 87.6 Å². The van der Waals surface area contributed by atoms with Gasteiger partial charge >= 0.3 is 0 Å². The first kappa shape index (κ1) is 19.5. The van der Waals surface area contributed by atoms with Gasteiger partial charge in [-0.05, 0) is 25.0 Å². The van der Waals surface area contributed by atoms with Crippen molar-refractivity contribution in [2.45, 2.75) is 65.0 Å². The van der Waals surface area contributed by atoms with Crippen LogP contribution in [0.15, 0.2) is 54.6 Å². The number of ether oxygens (including phenoxy) is 1. The number of nitrogens with one attached hydrogen (secondary N) is 1. The van der Waals surface area contributed by atoms with Crippen LogP contribution in [0.4, 0.5) is 0 Å². The fraction of sp³-hybridized carbons (Fsp3) is 0.478. The summed E-state index contributed by atoms with van der Waals surface area (Å²) in [6, 6.07) is 19.3. The maximum atomic E-state index is 6.04. The summed E-state index contributed by atoms with van der Waals surface area (Å²) in [6.07, 6.45) is 7.76. The van der Waals surface area contributed by atoms with E-state index in [9.17, 15) is 0 Å². The lowest BCUT2D eigenvalue weighted by Gasteiger charge is -2.16. The molecule has 0 aliphatic heterocycles. The molecular weight excluding hydrogens is 306 g/mol. The average molecular weight is 340 g/mol. The minimum atomic E-state index is 0.327. The highest BCUT2D eigenvalue weighted by atomic mass is 16.5. The van der Waals surface area contributed by atoms with E-state index in [1.165, 1.54) is 43.2 Å². The van der Waals surface area contributed by atoms with Crippen LogP contribution in [0.25, 0.3) is 0 Å². The van der Waals surface area contributed by atoms with Crippen molar-refractivity contribution in [2.24, 2.45) is 0 Å². The Morgan fingerprint density at radius 1 is 0.840 bits per heavy atom. The first-order valence-electron chi connectivity index (χ1n) is 9.80. The van der Waals surface area contributed by atoms with Gasteiger partial charge in [0.25, 0.3) is 0 Å². The molecule has 1 unspecified atom stereocenters. The van der Waals surface area contributed by atoms with Crippen molar-refractivity contribution in [2.75, 3.05) is 6.61 Å². The second-order valence-electron chi connectivity index (χ2n) is 6.74. The third kappa shape index (κ3) is 7.31. The van der Waals surface area contributed by atoms with Gasteiger partial charge in [0.05, 0.1) is 6.61 Å². The van der Waals surface area contributed by atoms with E-state index >= 15 is 0 Å². The highest BCUT2D eigenvalue weighted by Crippen LogP contribution is 2.20. The van der Waals surface area contributed by atoms with Crippen LogP contribution < -0.4 is 10.1 Å². The fourth-order valence-electron chi connectivity index (χ4n) is 2.98. The summed E-state index contributed by atoms with van der Waals surface area (Å²) in [4.78, 5) is 0. The van der Waals surface area contributed by atoms with Crippen LogP contribution in [-0.4, -0.2) is 6.61 Å². The van der Waals surface area contributed by atoms with Crippen molar-refractivity contribution in [3.05, 3.63) is 65.7 Å². The molecule has 1 N–H and O–H groups in total. The molecule has 0 saturated heterocycles. The first-order chi connectivity index (χ1) is 12.3. The van der Waals surface area contributed by atoms with Gasteiger partial charge in [0.2, 0.25) is 0 Å². The molecule has 2 heteroatoms. The van der Waals surface area contributed by atoms with Crippen LogP contribution in [0, 0.1) is 0 Å². The lowest BCUT2D eigenvalue weighted by molar-refractivity contribution is 0.300. The normalized spacial score (nSPS) is 12.1. The van der Waals surface area contributed by atoms with Crippen molar-refractivity contribution < 1.29 is 4.74 Å². The second kappa shape index (κ2) is 11.7. The summed E-state index contributed by atoms with van der Waals surface area (Å²) >= 11 is 0. The zero-order valence-corrected chi connectivity index (χ0v) is 15.8. The summed E-state index contributed by atoms with van der Waals surface area (Å²) in [6.45, 7) is 6.10. The van der Waals surface area contributed by atoms with Crippen molar-refractivity contribution in [3.63, 3.8) is 0 Å². The molecule has 0 fully saturated rings. The number of hydrogen-bond donors (Lipinski definition) is 1. The fourth-order valence-corrected chi connectivity index (χ4v) is 2.98. The smallest absolute Gasteiger partial charge is 0.123 e. The standard InChI is InChI=1S/C23H33NO/c1-3-4-5-6-7-13-18-25-23-17-12-11-16-22(23)19-24-20(2)21-14-9-8-10-15-21/h8-12,14-17,20,24H,3-7,13,18-19H2,1-2H3. The van der Waals surface area contributed by atoms with Gasteiger partial charge in [-0.3, -0.25) is 0 Å². The predicted molar refractivity (Wildman–Crippen MR) is 107 cm³/mol. The Labute approximate surface area is 153 Å². The van der Waals surface area contributed by atoms with Crippen LogP contribution in [0.2, 0.25) is 0 Å². The lowest BCUT2D eigenvalue weighted by Crippen LogP contribution is -2.18. The maximum absolute atomic E-state index is 6.04. The van der Waals surface area contributed by atoms with Gasteiger partial charge in [0, 0.05) is 18.2 Å². The lowest BCUT2D eigenvalue weighted by atomic mass is 10.1. The zero-order chi connectivity index (χ0) is 17.7. The van der Waals surface area contributed by atoms with Gasteiger partial charge < -0.3 is 10.1 Å². The van der Waals surface area contributed by atoms with E-state index < -0.39 is 0 Å². The van der Waals surface area contributed by atoms with Crippen LogP contribution >= 0.6 is 0 Å². The van der Waals surface area contributed by atoms with Gasteiger partial charge in [-0.25, -0.2) is 0 Å². The monoisotopic (exact) mass is 339 g/mol. The number of para-hydroxylation sites is 1. The van der Waals surface area contributed by atoms with Crippen LogP contribution in [0.3, 0.4) is 0 Å². The van der Waals surface area contributed by atoms with Gasteiger partial charge in [-0.2, -0.15) is 0 Å². The van der Waals surface area contributed by atoms with Crippen LogP contribution in [0.5, 0.6) is 5.75 Å². The minimum Gasteiger partial charge on any atom is -0.493 e. The first-order valence-corrected chi connectivity index (χ1v) is 9.80. The van der Waals surface area contributed by atoms with Gasteiger partial charge in [0.1, 0.15) is 5.75 Å². The minimum absolute atomic E-state index is 0.327. The molecule has 2 aromatic rings. The van der Waals surface area contributed by atoms with E-state index in [4.69, 9.17) is 4.74 Å². The van der Waals surface area contributed by atoms with E-state index in [0.717, 1.165) is 25.3 Å². The third-order valence-electron chi connectivity index (χ3n) is 4.63.